The van der Waals surface area contributed by atoms with E-state index in [1.165, 1.54) is 0 Å². The van der Waals surface area contributed by atoms with Gasteiger partial charge >= 0.3 is 11.9 Å². The van der Waals surface area contributed by atoms with E-state index in [9.17, 15) is 9.59 Å². The zero-order chi connectivity index (χ0) is 11.7. The summed E-state index contributed by atoms with van der Waals surface area (Å²) in [5, 5.41) is 8.91. The number of carbonyl (C=O) groups is 2. The number of aliphatic carboxylic acids is 1. The molecule has 0 radical (unpaired) electrons. The van der Waals surface area contributed by atoms with Gasteiger partial charge in [0, 0.05) is 10.0 Å². The maximum absolute atomic E-state index is 11.2. The van der Waals surface area contributed by atoms with Crippen LogP contribution in [0.25, 0.3) is 5.57 Å². The highest BCUT2D eigenvalue weighted by Gasteiger charge is 2.31. The third kappa shape index (κ3) is 1.86. The first-order valence-electron chi connectivity index (χ1n) is 4.49. The molecule has 1 aromatic rings. The van der Waals surface area contributed by atoms with E-state index in [4.69, 9.17) is 9.84 Å². The molecule has 1 aliphatic heterocycles. The Morgan fingerprint density at radius 1 is 1.44 bits per heavy atom. The summed E-state index contributed by atoms with van der Waals surface area (Å²) in [5.74, 6) is -2.03. The highest BCUT2D eigenvalue weighted by atomic mass is 79.9. The molecule has 16 heavy (non-hydrogen) atoms. The van der Waals surface area contributed by atoms with Gasteiger partial charge in [-0.25, -0.2) is 9.59 Å². The Balaban J connectivity index is 2.54. The first kappa shape index (κ1) is 10.9. The molecule has 0 aromatic heterocycles. The van der Waals surface area contributed by atoms with Crippen molar-refractivity contribution in [1.82, 2.24) is 0 Å². The molecular weight excluding hydrogens is 276 g/mol. The molecule has 0 saturated carbocycles. The molecule has 4 nitrogen and oxygen atoms in total. The highest BCUT2D eigenvalue weighted by Crippen LogP contribution is 2.27. The molecule has 0 saturated heterocycles. The van der Waals surface area contributed by atoms with Crippen LogP contribution in [0, 0.1) is 0 Å². The summed E-state index contributed by atoms with van der Waals surface area (Å²) in [5.41, 5.74) is 0.814. The Hall–Kier alpha value is -1.62. The van der Waals surface area contributed by atoms with E-state index in [0.717, 1.165) is 4.47 Å². The van der Waals surface area contributed by atoms with Gasteiger partial charge < -0.3 is 9.84 Å². The molecule has 0 amide bonds. The van der Waals surface area contributed by atoms with Crippen molar-refractivity contribution in [3.8, 4) is 0 Å². The fraction of sp³-hybridized carbons (Fsp3) is 0.0909. The molecule has 1 aliphatic rings. The van der Waals surface area contributed by atoms with Crippen molar-refractivity contribution in [3.63, 3.8) is 0 Å². The average Bonchev–Trinajstić information content (AvgIpc) is 2.60. The van der Waals surface area contributed by atoms with Crippen molar-refractivity contribution in [1.29, 1.82) is 0 Å². The van der Waals surface area contributed by atoms with Crippen molar-refractivity contribution in [3.05, 3.63) is 39.9 Å². The second kappa shape index (κ2) is 4.09. The molecule has 0 unspecified atom stereocenters. The van der Waals surface area contributed by atoms with Crippen LogP contribution in [0.2, 0.25) is 0 Å². The number of carboxylic acids is 1. The van der Waals surface area contributed by atoms with Crippen LogP contribution >= 0.6 is 15.9 Å². The summed E-state index contributed by atoms with van der Waals surface area (Å²) in [6.45, 7) is 0.0108. The van der Waals surface area contributed by atoms with Crippen molar-refractivity contribution >= 4 is 33.4 Å². The highest BCUT2D eigenvalue weighted by molar-refractivity contribution is 9.10. The molecule has 0 aliphatic carbocycles. The number of halogens is 1. The number of hydrogen-bond donors (Lipinski definition) is 1. The number of carbonyl (C=O) groups excluding carboxylic acids is 1. The molecule has 1 N–H and O–H groups in total. The number of hydrogen-bond acceptors (Lipinski definition) is 3. The Morgan fingerprint density at radius 2 is 2.19 bits per heavy atom. The fourth-order valence-corrected chi connectivity index (χ4v) is 1.92. The Morgan fingerprint density at radius 3 is 2.81 bits per heavy atom. The molecule has 0 bridgehead atoms. The summed E-state index contributed by atoms with van der Waals surface area (Å²) in [7, 11) is 0. The smallest absolute Gasteiger partial charge is 0.346 e. The number of esters is 1. The summed E-state index contributed by atoms with van der Waals surface area (Å²) in [6, 6.07) is 7.09. The zero-order valence-electron chi connectivity index (χ0n) is 8.07. The largest absolute Gasteiger partial charge is 0.477 e. The zero-order valence-corrected chi connectivity index (χ0v) is 9.65. The van der Waals surface area contributed by atoms with E-state index in [1.807, 2.05) is 6.07 Å². The third-order valence-electron chi connectivity index (χ3n) is 2.24. The van der Waals surface area contributed by atoms with Gasteiger partial charge in [0.15, 0.2) is 5.57 Å². The molecule has 1 heterocycles. The van der Waals surface area contributed by atoms with Gasteiger partial charge in [-0.3, -0.25) is 0 Å². The minimum absolute atomic E-state index is 0.0108. The van der Waals surface area contributed by atoms with E-state index >= 15 is 0 Å². The summed E-state index contributed by atoms with van der Waals surface area (Å²) >= 11 is 3.29. The maximum atomic E-state index is 11.2. The van der Waals surface area contributed by atoms with Crippen molar-refractivity contribution < 1.29 is 19.4 Å². The van der Waals surface area contributed by atoms with Gasteiger partial charge in [-0.1, -0.05) is 28.1 Å². The minimum atomic E-state index is -1.25. The second-order valence-corrected chi connectivity index (χ2v) is 4.16. The predicted molar refractivity (Wildman–Crippen MR) is 59.7 cm³/mol. The first-order valence-corrected chi connectivity index (χ1v) is 5.28. The lowest BCUT2D eigenvalue weighted by Crippen LogP contribution is -2.09. The Kier molecular flexibility index (Phi) is 2.78. The van der Waals surface area contributed by atoms with Crippen LogP contribution in [0.15, 0.2) is 34.3 Å². The second-order valence-electron chi connectivity index (χ2n) is 3.25. The molecular formula is C11H7BrO4. The van der Waals surface area contributed by atoms with Gasteiger partial charge in [0.05, 0.1) is 0 Å². The van der Waals surface area contributed by atoms with E-state index in [-0.39, 0.29) is 12.2 Å². The van der Waals surface area contributed by atoms with Crippen LogP contribution in [-0.2, 0) is 14.3 Å². The van der Waals surface area contributed by atoms with E-state index in [2.05, 4.69) is 15.9 Å². The molecule has 0 atom stereocenters. The molecule has 82 valence electrons. The molecule has 0 spiro atoms. The third-order valence-corrected chi connectivity index (χ3v) is 2.73. The lowest BCUT2D eigenvalue weighted by molar-refractivity contribution is -0.141. The lowest BCUT2D eigenvalue weighted by atomic mass is 10.0. The summed E-state index contributed by atoms with van der Waals surface area (Å²) < 4.78 is 5.55. The molecule has 0 fully saturated rings. The van der Waals surface area contributed by atoms with Crippen LogP contribution in [0.1, 0.15) is 5.56 Å². The molecule has 2 rings (SSSR count). The lowest BCUT2D eigenvalue weighted by Gasteiger charge is -2.01. The van der Waals surface area contributed by atoms with Crippen LogP contribution in [-0.4, -0.2) is 23.7 Å². The van der Waals surface area contributed by atoms with Gasteiger partial charge in [0.2, 0.25) is 0 Å². The summed E-state index contributed by atoms with van der Waals surface area (Å²) in [4.78, 5) is 22.1. The molecule has 5 heteroatoms. The van der Waals surface area contributed by atoms with Crippen molar-refractivity contribution in [2.75, 3.05) is 6.61 Å². The summed E-state index contributed by atoms with van der Waals surface area (Å²) in [6.07, 6.45) is 0. The fourth-order valence-electron chi connectivity index (χ4n) is 1.53. The number of rotatable bonds is 2. The SMILES string of the molecule is O=C(O)C1=C(c2cccc(Br)c2)COC1=O. The van der Waals surface area contributed by atoms with E-state index < -0.39 is 11.9 Å². The monoisotopic (exact) mass is 282 g/mol. The number of ether oxygens (including phenoxy) is 1. The van der Waals surface area contributed by atoms with E-state index in [1.54, 1.807) is 18.2 Å². The first-order chi connectivity index (χ1) is 7.59. The van der Waals surface area contributed by atoms with Gasteiger partial charge in [-0.15, -0.1) is 0 Å². The maximum Gasteiger partial charge on any atom is 0.346 e. The quantitative estimate of drug-likeness (QED) is 0.664. The normalized spacial score (nSPS) is 15.2. The molecule has 1 aromatic carbocycles. The Labute approximate surface area is 99.7 Å². The van der Waals surface area contributed by atoms with Crippen molar-refractivity contribution in [2.24, 2.45) is 0 Å². The van der Waals surface area contributed by atoms with Crippen LogP contribution in [0.3, 0.4) is 0 Å². The number of cyclic esters (lactones) is 1. The van der Waals surface area contributed by atoms with Gasteiger partial charge in [-0.2, -0.15) is 0 Å². The Bertz CT molecular complexity index is 504. The number of benzene rings is 1. The van der Waals surface area contributed by atoms with Crippen LogP contribution < -0.4 is 0 Å². The van der Waals surface area contributed by atoms with E-state index in [0.29, 0.717) is 11.1 Å². The predicted octanol–water partition coefficient (Wildman–Crippen LogP) is 1.84. The average molecular weight is 283 g/mol. The number of carboxylic acid groups (broad SMARTS) is 1. The van der Waals surface area contributed by atoms with Gasteiger partial charge in [-0.05, 0) is 17.7 Å². The van der Waals surface area contributed by atoms with Gasteiger partial charge in [0.25, 0.3) is 0 Å². The van der Waals surface area contributed by atoms with Gasteiger partial charge in [0.1, 0.15) is 6.61 Å². The van der Waals surface area contributed by atoms with Crippen LogP contribution in [0.4, 0.5) is 0 Å². The van der Waals surface area contributed by atoms with Crippen LogP contribution in [0.5, 0.6) is 0 Å². The topological polar surface area (TPSA) is 63.6 Å². The standard InChI is InChI=1S/C11H7BrO4/c12-7-3-1-2-6(4-7)8-5-16-11(15)9(8)10(13)14/h1-4H,5H2,(H,13,14). The minimum Gasteiger partial charge on any atom is -0.477 e. The van der Waals surface area contributed by atoms with Crippen molar-refractivity contribution in [2.45, 2.75) is 0 Å².